The summed E-state index contributed by atoms with van der Waals surface area (Å²) in [5.74, 6) is 0. The molecule has 0 saturated carbocycles. The number of rotatable bonds is 0. The molecule has 0 aromatic carbocycles. The summed E-state index contributed by atoms with van der Waals surface area (Å²) in [6.07, 6.45) is 3.73. The van der Waals surface area contributed by atoms with Gasteiger partial charge < -0.3 is 4.42 Å². The summed E-state index contributed by atoms with van der Waals surface area (Å²) >= 11 is 0. The minimum Gasteiger partial charge on any atom is -0.464 e. The normalized spacial score (nSPS) is 13.3. The summed E-state index contributed by atoms with van der Waals surface area (Å²) < 4.78 is 5.67. The van der Waals surface area contributed by atoms with Gasteiger partial charge in [-0.05, 0) is 11.5 Å². The van der Waals surface area contributed by atoms with Gasteiger partial charge in [-0.3, -0.25) is 4.98 Å². The van der Waals surface area contributed by atoms with Crippen LogP contribution in [0, 0.1) is 0 Å². The Morgan fingerprint density at radius 1 is 1.00 bits per heavy atom. The molecule has 0 aliphatic rings. The molecule has 0 radical (unpaired) electrons. The van der Waals surface area contributed by atoms with Crippen LogP contribution >= 0.6 is 0 Å². The third kappa shape index (κ3) is 2.08. The molecule has 0 aliphatic heterocycles. The smallest absolute Gasteiger partial charge is 0.140 e. The summed E-state index contributed by atoms with van der Waals surface area (Å²) in [7, 11) is 0. The van der Waals surface area contributed by atoms with E-state index in [1.165, 1.54) is 5.56 Å². The van der Waals surface area contributed by atoms with E-state index in [2.05, 4.69) is 46.5 Å². The van der Waals surface area contributed by atoms with Gasteiger partial charge in [-0.15, -0.1) is 0 Å². The largest absolute Gasteiger partial charge is 0.464 e. The lowest BCUT2D eigenvalue weighted by Gasteiger charge is -2.23. The van der Waals surface area contributed by atoms with Crippen LogP contribution in [0.25, 0.3) is 11.0 Å². The molecule has 2 heteroatoms. The predicted molar refractivity (Wildman–Crippen MR) is 71.4 cm³/mol. The van der Waals surface area contributed by atoms with E-state index in [9.17, 15) is 0 Å². The lowest BCUT2D eigenvalue weighted by atomic mass is 9.84. The topological polar surface area (TPSA) is 26.0 Å². The van der Waals surface area contributed by atoms with Crippen molar-refractivity contribution in [2.45, 2.75) is 52.4 Å². The van der Waals surface area contributed by atoms with Crippen LogP contribution in [0.3, 0.4) is 0 Å². The number of aromatic nitrogens is 1. The van der Waals surface area contributed by atoms with Crippen LogP contribution in [-0.2, 0) is 10.8 Å². The molecular weight excluding hydrogens is 210 g/mol. The van der Waals surface area contributed by atoms with E-state index >= 15 is 0 Å². The molecule has 0 amide bonds. The highest BCUT2D eigenvalue weighted by Gasteiger charge is 2.25. The second kappa shape index (κ2) is 3.59. The van der Waals surface area contributed by atoms with E-state index in [-0.39, 0.29) is 10.8 Å². The summed E-state index contributed by atoms with van der Waals surface area (Å²) in [5.41, 5.74) is 3.36. The highest BCUT2D eigenvalue weighted by molar-refractivity contribution is 5.84. The van der Waals surface area contributed by atoms with Gasteiger partial charge in [0.25, 0.3) is 0 Å². The molecule has 2 nitrogen and oxygen atoms in total. The van der Waals surface area contributed by atoms with Crippen LogP contribution in [0.2, 0.25) is 0 Å². The molecule has 2 heterocycles. The minimum atomic E-state index is 0.0402. The lowest BCUT2D eigenvalue weighted by Crippen LogP contribution is -2.17. The van der Waals surface area contributed by atoms with Crippen molar-refractivity contribution in [2.24, 2.45) is 0 Å². The molecule has 92 valence electrons. The van der Waals surface area contributed by atoms with Crippen molar-refractivity contribution in [3.05, 3.63) is 29.8 Å². The first-order valence-electron chi connectivity index (χ1n) is 6.08. The van der Waals surface area contributed by atoms with Crippen molar-refractivity contribution >= 4 is 11.0 Å². The monoisotopic (exact) mass is 231 g/mol. The molecule has 17 heavy (non-hydrogen) atoms. The molecule has 0 atom stereocenters. The van der Waals surface area contributed by atoms with Gasteiger partial charge in [-0.25, -0.2) is 0 Å². The maximum absolute atomic E-state index is 5.67. The number of fused-ring (bicyclic) bond motifs is 1. The van der Waals surface area contributed by atoms with Crippen LogP contribution in [0.4, 0.5) is 0 Å². The first-order valence-corrected chi connectivity index (χ1v) is 6.08. The summed E-state index contributed by atoms with van der Waals surface area (Å²) in [5, 5.41) is 1.14. The SMILES string of the molecule is CC(C)(C)c1ncc(C(C)(C)C)c2occc12. The zero-order valence-corrected chi connectivity index (χ0v) is 11.6. The number of furan rings is 1. The second-order valence-electron chi connectivity index (χ2n) is 6.68. The summed E-state index contributed by atoms with van der Waals surface area (Å²) in [4.78, 5) is 4.66. The van der Waals surface area contributed by atoms with Gasteiger partial charge >= 0.3 is 0 Å². The highest BCUT2D eigenvalue weighted by Crippen LogP contribution is 2.35. The average molecular weight is 231 g/mol. The highest BCUT2D eigenvalue weighted by atomic mass is 16.3. The first-order chi connectivity index (χ1) is 7.71. The van der Waals surface area contributed by atoms with E-state index < -0.39 is 0 Å². The molecule has 0 unspecified atom stereocenters. The molecule has 0 saturated heterocycles. The van der Waals surface area contributed by atoms with E-state index in [1.807, 2.05) is 12.3 Å². The second-order valence-corrected chi connectivity index (χ2v) is 6.68. The maximum Gasteiger partial charge on any atom is 0.140 e. The minimum absolute atomic E-state index is 0.0402. The molecule has 0 N–H and O–H groups in total. The van der Waals surface area contributed by atoms with Crippen LogP contribution in [-0.4, -0.2) is 4.98 Å². The zero-order chi connectivity index (χ0) is 12.8. The molecule has 2 aromatic rings. The van der Waals surface area contributed by atoms with Gasteiger partial charge in [0, 0.05) is 22.6 Å². The van der Waals surface area contributed by atoms with Crippen molar-refractivity contribution in [3.8, 4) is 0 Å². The predicted octanol–water partition coefficient (Wildman–Crippen LogP) is 4.42. The first kappa shape index (κ1) is 12.2. The molecule has 0 bridgehead atoms. The van der Waals surface area contributed by atoms with Crippen molar-refractivity contribution < 1.29 is 4.42 Å². The standard InChI is InChI=1S/C15H21NO/c1-14(2,3)11-9-16-13(15(4,5)6)10-7-8-17-12(10)11/h7-9H,1-6H3. The number of pyridine rings is 1. The Balaban J connectivity index is 2.76. The van der Waals surface area contributed by atoms with Crippen molar-refractivity contribution in [1.82, 2.24) is 4.98 Å². The number of nitrogens with zero attached hydrogens (tertiary/aromatic N) is 1. The molecule has 0 spiro atoms. The van der Waals surface area contributed by atoms with Crippen LogP contribution in [0.15, 0.2) is 22.9 Å². The molecule has 2 aromatic heterocycles. The summed E-state index contributed by atoms with van der Waals surface area (Å²) in [6.45, 7) is 13.1. The Morgan fingerprint density at radius 2 is 1.65 bits per heavy atom. The van der Waals surface area contributed by atoms with E-state index in [0.717, 1.165) is 16.7 Å². The van der Waals surface area contributed by atoms with E-state index in [1.54, 1.807) is 6.26 Å². The Labute approximate surface area is 103 Å². The van der Waals surface area contributed by atoms with Gasteiger partial charge in [-0.2, -0.15) is 0 Å². The zero-order valence-electron chi connectivity index (χ0n) is 11.6. The van der Waals surface area contributed by atoms with Gasteiger partial charge in [-0.1, -0.05) is 41.5 Å². The fourth-order valence-electron chi connectivity index (χ4n) is 2.09. The Kier molecular flexibility index (Phi) is 2.57. The molecule has 0 aliphatic carbocycles. The van der Waals surface area contributed by atoms with Crippen molar-refractivity contribution in [3.63, 3.8) is 0 Å². The maximum atomic E-state index is 5.67. The lowest BCUT2D eigenvalue weighted by molar-refractivity contribution is 0.545. The Bertz CT molecular complexity index is 490. The van der Waals surface area contributed by atoms with Gasteiger partial charge in [0.15, 0.2) is 0 Å². The quantitative estimate of drug-likeness (QED) is 0.670. The number of hydrogen-bond acceptors (Lipinski definition) is 2. The molecule has 2 rings (SSSR count). The third-order valence-corrected chi connectivity index (χ3v) is 3.01. The van der Waals surface area contributed by atoms with Crippen LogP contribution in [0.1, 0.15) is 52.8 Å². The fourth-order valence-corrected chi connectivity index (χ4v) is 2.09. The molecule has 0 fully saturated rings. The van der Waals surface area contributed by atoms with Crippen molar-refractivity contribution in [2.75, 3.05) is 0 Å². The van der Waals surface area contributed by atoms with Crippen LogP contribution < -0.4 is 0 Å². The van der Waals surface area contributed by atoms with E-state index in [0.29, 0.717) is 0 Å². The average Bonchev–Trinajstić information content (AvgIpc) is 2.60. The van der Waals surface area contributed by atoms with Gasteiger partial charge in [0.05, 0.1) is 12.0 Å². The fraction of sp³-hybridized carbons (Fsp3) is 0.533. The van der Waals surface area contributed by atoms with Crippen molar-refractivity contribution in [1.29, 1.82) is 0 Å². The van der Waals surface area contributed by atoms with Crippen LogP contribution in [0.5, 0.6) is 0 Å². The Morgan fingerprint density at radius 3 is 2.18 bits per heavy atom. The van der Waals surface area contributed by atoms with E-state index in [4.69, 9.17) is 4.42 Å². The van der Waals surface area contributed by atoms with Gasteiger partial charge in [0.2, 0.25) is 0 Å². The third-order valence-electron chi connectivity index (χ3n) is 3.01. The van der Waals surface area contributed by atoms with Gasteiger partial charge in [0.1, 0.15) is 5.58 Å². The molecular formula is C15H21NO. The summed E-state index contributed by atoms with van der Waals surface area (Å²) in [6, 6.07) is 2.03. The number of hydrogen-bond donors (Lipinski definition) is 0. The Hall–Kier alpha value is -1.31.